The molecule has 0 amide bonds. The van der Waals surface area contributed by atoms with Crippen molar-refractivity contribution in [2.75, 3.05) is 6.54 Å². The second-order valence-corrected chi connectivity index (χ2v) is 6.07. The van der Waals surface area contributed by atoms with E-state index in [9.17, 15) is 0 Å². The van der Waals surface area contributed by atoms with Crippen molar-refractivity contribution >= 4 is 0 Å². The molecule has 0 fully saturated rings. The molecule has 2 aromatic rings. The Labute approximate surface area is 128 Å². The number of aromatic nitrogens is 2. The maximum atomic E-state index is 4.32. The summed E-state index contributed by atoms with van der Waals surface area (Å²) in [5.74, 6) is 0.703. The number of nitrogens with zero attached hydrogens (tertiary/aromatic N) is 2. The molecule has 1 aromatic heterocycles. The molecule has 0 aliphatic carbocycles. The first-order valence-electron chi connectivity index (χ1n) is 7.98. The Balaban J connectivity index is 2.08. The summed E-state index contributed by atoms with van der Waals surface area (Å²) in [7, 11) is 0. The van der Waals surface area contributed by atoms with Crippen LogP contribution >= 0.6 is 0 Å². The maximum Gasteiger partial charge on any atom is 0.0604 e. The average molecular weight is 285 g/mol. The van der Waals surface area contributed by atoms with Gasteiger partial charge in [-0.25, -0.2) is 0 Å². The predicted molar refractivity (Wildman–Crippen MR) is 88.2 cm³/mol. The van der Waals surface area contributed by atoms with Gasteiger partial charge >= 0.3 is 0 Å². The fourth-order valence-electron chi connectivity index (χ4n) is 2.56. The first-order valence-corrected chi connectivity index (χ1v) is 7.98. The molecule has 0 bridgehead atoms. The summed E-state index contributed by atoms with van der Waals surface area (Å²) >= 11 is 0. The summed E-state index contributed by atoms with van der Waals surface area (Å²) in [4.78, 5) is 0. The van der Waals surface area contributed by atoms with Crippen LogP contribution in [0.1, 0.15) is 44.4 Å². The third-order valence-electron chi connectivity index (χ3n) is 3.60. The molecule has 21 heavy (non-hydrogen) atoms. The topological polar surface area (TPSA) is 29.9 Å². The SMILES string of the molecule is CCCNC(Cn1cccn1)c1ccc(CC(C)C)cc1. The van der Waals surface area contributed by atoms with Gasteiger partial charge in [-0.1, -0.05) is 45.0 Å². The summed E-state index contributed by atoms with van der Waals surface area (Å²) in [6.07, 6.45) is 6.14. The van der Waals surface area contributed by atoms with Crippen LogP contribution in [0, 0.1) is 5.92 Å². The van der Waals surface area contributed by atoms with E-state index in [2.05, 4.69) is 55.5 Å². The van der Waals surface area contributed by atoms with Crippen LogP contribution in [0.15, 0.2) is 42.7 Å². The largest absolute Gasteiger partial charge is 0.308 e. The number of hydrogen-bond acceptors (Lipinski definition) is 2. The van der Waals surface area contributed by atoms with Crippen molar-refractivity contribution in [3.63, 3.8) is 0 Å². The van der Waals surface area contributed by atoms with E-state index in [4.69, 9.17) is 0 Å². The lowest BCUT2D eigenvalue weighted by Gasteiger charge is -2.19. The van der Waals surface area contributed by atoms with Crippen LogP contribution in [-0.4, -0.2) is 16.3 Å². The zero-order valence-corrected chi connectivity index (χ0v) is 13.4. The van der Waals surface area contributed by atoms with E-state index in [1.165, 1.54) is 11.1 Å². The Morgan fingerprint density at radius 1 is 1.19 bits per heavy atom. The van der Waals surface area contributed by atoms with Crippen molar-refractivity contribution in [1.29, 1.82) is 0 Å². The molecule has 0 saturated heterocycles. The number of nitrogens with one attached hydrogen (secondary N) is 1. The van der Waals surface area contributed by atoms with Crippen LogP contribution in [-0.2, 0) is 13.0 Å². The molecule has 0 aliphatic rings. The third-order valence-corrected chi connectivity index (χ3v) is 3.60. The summed E-state index contributed by atoms with van der Waals surface area (Å²) in [5.41, 5.74) is 2.76. The molecule has 1 N–H and O–H groups in total. The van der Waals surface area contributed by atoms with E-state index >= 15 is 0 Å². The van der Waals surface area contributed by atoms with Crippen LogP contribution in [0.2, 0.25) is 0 Å². The van der Waals surface area contributed by atoms with Crippen molar-refractivity contribution in [2.45, 2.75) is 46.2 Å². The number of benzene rings is 1. The van der Waals surface area contributed by atoms with Gasteiger partial charge in [0.15, 0.2) is 0 Å². The monoisotopic (exact) mass is 285 g/mol. The highest BCUT2D eigenvalue weighted by Gasteiger charge is 2.11. The molecule has 0 spiro atoms. The third kappa shape index (κ3) is 5.01. The van der Waals surface area contributed by atoms with Gasteiger partial charge < -0.3 is 5.32 Å². The maximum absolute atomic E-state index is 4.32. The Morgan fingerprint density at radius 2 is 1.95 bits per heavy atom. The quantitative estimate of drug-likeness (QED) is 0.799. The van der Waals surface area contributed by atoms with Crippen molar-refractivity contribution in [2.24, 2.45) is 5.92 Å². The van der Waals surface area contributed by atoms with Gasteiger partial charge in [-0.2, -0.15) is 5.10 Å². The molecule has 3 nitrogen and oxygen atoms in total. The molecule has 114 valence electrons. The molecule has 1 aromatic carbocycles. The second-order valence-electron chi connectivity index (χ2n) is 6.07. The minimum absolute atomic E-state index is 0.318. The highest BCUT2D eigenvalue weighted by atomic mass is 15.3. The van der Waals surface area contributed by atoms with E-state index in [0.717, 1.165) is 25.9 Å². The summed E-state index contributed by atoms with van der Waals surface area (Å²) < 4.78 is 2.00. The number of rotatable bonds is 8. The predicted octanol–water partition coefficient (Wildman–Crippen LogP) is 3.82. The lowest BCUT2D eigenvalue weighted by molar-refractivity contribution is 0.439. The van der Waals surface area contributed by atoms with Crippen LogP contribution in [0.5, 0.6) is 0 Å². The lowest BCUT2D eigenvalue weighted by atomic mass is 9.99. The standard InChI is InChI=1S/C18H27N3/c1-4-10-19-18(14-21-12-5-11-20-21)17-8-6-16(7-9-17)13-15(2)3/h5-9,11-12,15,18-19H,4,10,13-14H2,1-3H3. The highest BCUT2D eigenvalue weighted by Crippen LogP contribution is 2.17. The average Bonchev–Trinajstić information content (AvgIpc) is 2.97. The van der Waals surface area contributed by atoms with Gasteiger partial charge in [0.05, 0.1) is 12.6 Å². The zero-order valence-electron chi connectivity index (χ0n) is 13.4. The van der Waals surface area contributed by atoms with Crippen LogP contribution in [0.3, 0.4) is 0 Å². The summed E-state index contributed by atoms with van der Waals surface area (Å²) in [6.45, 7) is 8.62. The van der Waals surface area contributed by atoms with Crippen molar-refractivity contribution in [1.82, 2.24) is 15.1 Å². The van der Waals surface area contributed by atoms with Gasteiger partial charge in [0.25, 0.3) is 0 Å². The van der Waals surface area contributed by atoms with Crippen LogP contribution in [0.25, 0.3) is 0 Å². The van der Waals surface area contributed by atoms with E-state index in [0.29, 0.717) is 12.0 Å². The molecule has 0 aliphatic heterocycles. The molecule has 0 radical (unpaired) electrons. The lowest BCUT2D eigenvalue weighted by Crippen LogP contribution is -2.26. The molecule has 1 heterocycles. The highest BCUT2D eigenvalue weighted by molar-refractivity contribution is 5.25. The number of hydrogen-bond donors (Lipinski definition) is 1. The van der Waals surface area contributed by atoms with Gasteiger partial charge in [0, 0.05) is 12.4 Å². The first kappa shape index (κ1) is 15.8. The van der Waals surface area contributed by atoms with Gasteiger partial charge in [0.2, 0.25) is 0 Å². The Kier molecular flexibility index (Phi) is 6.00. The minimum Gasteiger partial charge on any atom is -0.308 e. The van der Waals surface area contributed by atoms with Crippen molar-refractivity contribution in [3.05, 3.63) is 53.9 Å². The van der Waals surface area contributed by atoms with Crippen molar-refractivity contribution < 1.29 is 0 Å². The van der Waals surface area contributed by atoms with E-state index < -0.39 is 0 Å². The normalized spacial score (nSPS) is 12.8. The van der Waals surface area contributed by atoms with Crippen LogP contribution < -0.4 is 5.32 Å². The van der Waals surface area contributed by atoms with Gasteiger partial charge in [-0.05, 0) is 42.5 Å². The minimum atomic E-state index is 0.318. The Hall–Kier alpha value is -1.61. The van der Waals surface area contributed by atoms with E-state index in [1.54, 1.807) is 0 Å². The first-order chi connectivity index (χ1) is 10.2. The molecular weight excluding hydrogens is 258 g/mol. The molecule has 2 rings (SSSR count). The second kappa shape index (κ2) is 7.99. The summed E-state index contributed by atoms with van der Waals surface area (Å²) in [5, 5.41) is 7.95. The molecular formula is C18H27N3. The van der Waals surface area contributed by atoms with Crippen LogP contribution in [0.4, 0.5) is 0 Å². The zero-order chi connectivity index (χ0) is 15.1. The molecule has 0 saturated carbocycles. The Morgan fingerprint density at radius 3 is 2.52 bits per heavy atom. The van der Waals surface area contributed by atoms with E-state index in [-0.39, 0.29) is 0 Å². The smallest absolute Gasteiger partial charge is 0.0604 e. The molecule has 3 heteroatoms. The van der Waals surface area contributed by atoms with Gasteiger partial charge in [-0.3, -0.25) is 4.68 Å². The van der Waals surface area contributed by atoms with Crippen molar-refractivity contribution in [3.8, 4) is 0 Å². The molecule has 1 atom stereocenters. The fourth-order valence-corrected chi connectivity index (χ4v) is 2.56. The van der Waals surface area contributed by atoms with Gasteiger partial charge in [0.1, 0.15) is 0 Å². The molecule has 1 unspecified atom stereocenters. The van der Waals surface area contributed by atoms with Gasteiger partial charge in [-0.15, -0.1) is 0 Å². The summed E-state index contributed by atoms with van der Waals surface area (Å²) in [6, 6.07) is 11.3. The van der Waals surface area contributed by atoms with E-state index in [1.807, 2.05) is 23.1 Å². The Bertz CT molecular complexity index is 500. The fraction of sp³-hybridized carbons (Fsp3) is 0.500.